The molecule has 0 bridgehead atoms. The molecule has 2 aromatic heterocycles. The first-order valence-electron chi connectivity index (χ1n) is 9.63. The summed E-state index contributed by atoms with van der Waals surface area (Å²) in [6.07, 6.45) is -1.05. The summed E-state index contributed by atoms with van der Waals surface area (Å²) in [6.45, 7) is 6.83. The van der Waals surface area contributed by atoms with Gasteiger partial charge in [0.25, 0.3) is 5.91 Å². The quantitative estimate of drug-likeness (QED) is 0.589. The molecule has 0 unspecified atom stereocenters. The molecule has 1 N–H and O–H groups in total. The topological polar surface area (TPSA) is 92.1 Å². The molecule has 0 aliphatic carbocycles. The summed E-state index contributed by atoms with van der Waals surface area (Å²) < 4.78 is 5.46. The molecule has 6 nitrogen and oxygen atoms in total. The number of esters is 1. The van der Waals surface area contributed by atoms with Crippen LogP contribution in [0.25, 0.3) is 21.5 Å². The van der Waals surface area contributed by atoms with E-state index in [1.54, 1.807) is 19.1 Å². The van der Waals surface area contributed by atoms with E-state index < -0.39 is 23.5 Å². The van der Waals surface area contributed by atoms with Gasteiger partial charge in [-0.05, 0) is 43.3 Å². The number of amides is 1. The third-order valence-corrected chi connectivity index (χ3v) is 6.02. The molecule has 7 heteroatoms. The monoisotopic (exact) mass is 421 g/mol. The molecular weight excluding hydrogens is 398 g/mol. The molecule has 0 aliphatic heterocycles. The van der Waals surface area contributed by atoms with Crippen molar-refractivity contribution in [3.63, 3.8) is 0 Å². The molecule has 1 amide bonds. The van der Waals surface area contributed by atoms with Crippen LogP contribution >= 0.6 is 11.3 Å². The van der Waals surface area contributed by atoms with Crippen molar-refractivity contribution < 1.29 is 14.3 Å². The lowest BCUT2D eigenvalue weighted by atomic mass is 9.90. The van der Waals surface area contributed by atoms with Gasteiger partial charge in [-0.15, -0.1) is 11.3 Å². The van der Waals surface area contributed by atoms with Gasteiger partial charge in [-0.2, -0.15) is 5.26 Å². The van der Waals surface area contributed by atoms with E-state index in [0.717, 1.165) is 4.88 Å². The van der Waals surface area contributed by atoms with E-state index in [9.17, 15) is 14.9 Å². The van der Waals surface area contributed by atoms with Crippen molar-refractivity contribution in [3.05, 3.63) is 53.4 Å². The van der Waals surface area contributed by atoms with E-state index in [4.69, 9.17) is 4.74 Å². The first-order valence-corrected chi connectivity index (χ1v) is 10.5. The van der Waals surface area contributed by atoms with Crippen LogP contribution in [0.2, 0.25) is 0 Å². The number of nitriles is 1. The van der Waals surface area contributed by atoms with Gasteiger partial charge in [0, 0.05) is 5.39 Å². The van der Waals surface area contributed by atoms with E-state index in [0.29, 0.717) is 22.2 Å². The zero-order valence-electron chi connectivity index (χ0n) is 17.3. The fourth-order valence-electron chi connectivity index (χ4n) is 2.83. The highest BCUT2D eigenvalue weighted by Crippen LogP contribution is 2.28. The van der Waals surface area contributed by atoms with Crippen molar-refractivity contribution in [2.75, 3.05) is 0 Å². The van der Waals surface area contributed by atoms with Gasteiger partial charge in [0.2, 0.25) is 0 Å². The molecule has 2 atom stereocenters. The normalized spacial score (nSPS) is 14.0. The molecule has 30 heavy (non-hydrogen) atoms. The average molecular weight is 422 g/mol. The van der Waals surface area contributed by atoms with Crippen molar-refractivity contribution in [2.45, 2.75) is 39.3 Å². The molecule has 1 aromatic carbocycles. The number of fused-ring (bicyclic) bond motifs is 1. The van der Waals surface area contributed by atoms with Crippen molar-refractivity contribution in [1.29, 1.82) is 5.26 Å². The van der Waals surface area contributed by atoms with E-state index in [1.807, 2.05) is 49.6 Å². The summed E-state index contributed by atoms with van der Waals surface area (Å²) in [5, 5.41) is 14.7. The minimum absolute atomic E-state index is 0.105. The van der Waals surface area contributed by atoms with E-state index in [1.165, 1.54) is 18.3 Å². The highest BCUT2D eigenvalue weighted by molar-refractivity contribution is 7.13. The SMILES string of the molecule is CC(C)[C@](C)(C#N)NC(=O)[C@H](C)OC(=O)c1cc(-c2cccs2)nc2ccccc12. The van der Waals surface area contributed by atoms with Gasteiger partial charge in [0.05, 0.1) is 27.7 Å². The predicted molar refractivity (Wildman–Crippen MR) is 117 cm³/mol. The number of carbonyl (C=O) groups is 2. The second kappa shape index (κ2) is 8.64. The number of para-hydroxylation sites is 1. The van der Waals surface area contributed by atoms with Gasteiger partial charge in [0.15, 0.2) is 6.10 Å². The molecule has 154 valence electrons. The second-order valence-corrected chi connectivity index (χ2v) is 8.50. The Kier molecular flexibility index (Phi) is 6.18. The number of aromatic nitrogens is 1. The number of ether oxygens (including phenoxy) is 1. The van der Waals surface area contributed by atoms with Gasteiger partial charge in [-0.1, -0.05) is 38.1 Å². The Morgan fingerprint density at radius 3 is 2.57 bits per heavy atom. The van der Waals surface area contributed by atoms with Crippen LogP contribution < -0.4 is 5.32 Å². The Morgan fingerprint density at radius 2 is 1.93 bits per heavy atom. The number of thiophene rings is 1. The Morgan fingerprint density at radius 1 is 1.20 bits per heavy atom. The van der Waals surface area contributed by atoms with Crippen LogP contribution in [0.1, 0.15) is 38.1 Å². The van der Waals surface area contributed by atoms with Crippen molar-refractivity contribution in [3.8, 4) is 16.6 Å². The lowest BCUT2D eigenvalue weighted by molar-refractivity contribution is -0.130. The van der Waals surface area contributed by atoms with Crippen LogP contribution in [0.5, 0.6) is 0 Å². The first-order chi connectivity index (χ1) is 14.2. The maximum atomic E-state index is 13.0. The molecule has 0 saturated carbocycles. The minimum atomic E-state index is -1.05. The molecule has 0 radical (unpaired) electrons. The molecule has 3 aromatic rings. The van der Waals surface area contributed by atoms with Crippen molar-refractivity contribution in [1.82, 2.24) is 10.3 Å². The Balaban J connectivity index is 1.88. The summed E-state index contributed by atoms with van der Waals surface area (Å²) in [5.41, 5.74) is 0.637. The maximum Gasteiger partial charge on any atom is 0.339 e. The highest BCUT2D eigenvalue weighted by atomic mass is 32.1. The predicted octanol–water partition coefficient (Wildman–Crippen LogP) is 4.56. The van der Waals surface area contributed by atoms with Crippen LogP contribution in [0.4, 0.5) is 0 Å². The van der Waals surface area contributed by atoms with E-state index >= 15 is 0 Å². The van der Waals surface area contributed by atoms with Gasteiger partial charge in [-0.3, -0.25) is 4.79 Å². The number of nitrogens with one attached hydrogen (secondary N) is 1. The Labute approximate surface area is 179 Å². The van der Waals surface area contributed by atoms with Crippen LogP contribution in [-0.2, 0) is 9.53 Å². The molecular formula is C23H23N3O3S. The zero-order valence-corrected chi connectivity index (χ0v) is 18.1. The summed E-state index contributed by atoms with van der Waals surface area (Å²) in [5.74, 6) is -1.23. The van der Waals surface area contributed by atoms with Gasteiger partial charge in [0.1, 0.15) is 5.54 Å². The zero-order chi connectivity index (χ0) is 21.9. The minimum Gasteiger partial charge on any atom is -0.449 e. The molecule has 0 saturated heterocycles. The number of rotatable bonds is 6. The Hall–Kier alpha value is -3.24. The molecule has 0 spiro atoms. The highest BCUT2D eigenvalue weighted by Gasteiger charge is 2.33. The number of carbonyl (C=O) groups excluding carboxylic acids is 2. The average Bonchev–Trinajstić information content (AvgIpc) is 3.27. The first kappa shape index (κ1) is 21.5. The molecule has 3 rings (SSSR count). The summed E-state index contributed by atoms with van der Waals surface area (Å²) >= 11 is 1.53. The fraction of sp³-hybridized carbons (Fsp3) is 0.304. The number of benzene rings is 1. The standard InChI is InChI=1S/C23H23N3O3S/c1-14(2)23(4,13-24)26-21(27)15(3)29-22(28)17-12-19(20-10-7-11-30-20)25-18-9-6-5-8-16(17)18/h5-12,14-15H,1-4H3,(H,26,27)/t15-,23-/m0/s1. The third-order valence-electron chi connectivity index (χ3n) is 5.13. The van der Waals surface area contributed by atoms with Gasteiger partial charge in [-0.25, -0.2) is 9.78 Å². The third kappa shape index (κ3) is 4.34. The maximum absolute atomic E-state index is 13.0. The number of hydrogen-bond donors (Lipinski definition) is 1. The lowest BCUT2D eigenvalue weighted by Gasteiger charge is -2.28. The summed E-state index contributed by atoms with van der Waals surface area (Å²) in [7, 11) is 0. The van der Waals surface area contributed by atoms with Crippen LogP contribution in [-0.4, -0.2) is 28.5 Å². The van der Waals surface area contributed by atoms with E-state index in [2.05, 4.69) is 16.4 Å². The Bertz CT molecular complexity index is 1120. The molecule has 0 aliphatic rings. The number of pyridine rings is 1. The molecule has 2 heterocycles. The van der Waals surface area contributed by atoms with Crippen molar-refractivity contribution in [2.24, 2.45) is 5.92 Å². The van der Waals surface area contributed by atoms with Gasteiger partial charge < -0.3 is 10.1 Å². The second-order valence-electron chi connectivity index (χ2n) is 7.56. The number of hydrogen-bond acceptors (Lipinski definition) is 6. The summed E-state index contributed by atoms with van der Waals surface area (Å²) in [6, 6.07) is 15.0. The lowest BCUT2D eigenvalue weighted by Crippen LogP contribution is -2.52. The van der Waals surface area contributed by atoms with Gasteiger partial charge >= 0.3 is 5.97 Å². The van der Waals surface area contributed by atoms with Crippen molar-refractivity contribution >= 4 is 34.1 Å². The number of nitrogens with zero attached hydrogens (tertiary/aromatic N) is 2. The largest absolute Gasteiger partial charge is 0.449 e. The summed E-state index contributed by atoms with van der Waals surface area (Å²) in [4.78, 5) is 31.1. The smallest absolute Gasteiger partial charge is 0.339 e. The van der Waals surface area contributed by atoms with E-state index in [-0.39, 0.29) is 5.92 Å². The van der Waals surface area contributed by atoms with Crippen LogP contribution in [0.3, 0.4) is 0 Å². The van der Waals surface area contributed by atoms with Crippen LogP contribution in [0.15, 0.2) is 47.8 Å². The molecule has 0 fully saturated rings. The van der Waals surface area contributed by atoms with Crippen LogP contribution in [0, 0.1) is 17.2 Å². The fourth-order valence-corrected chi connectivity index (χ4v) is 3.52.